The summed E-state index contributed by atoms with van der Waals surface area (Å²) in [4.78, 5) is 14.3. The monoisotopic (exact) mass is 209 g/mol. The van der Waals surface area contributed by atoms with Crippen LogP contribution >= 0.6 is 0 Å². The van der Waals surface area contributed by atoms with Crippen LogP contribution in [0.5, 0.6) is 0 Å². The third-order valence-corrected chi connectivity index (χ3v) is 2.59. The van der Waals surface area contributed by atoms with Gasteiger partial charge in [0.05, 0.1) is 6.10 Å². The Morgan fingerprint density at radius 3 is 3.00 bits per heavy atom. The molecular weight excluding hydrogens is 194 g/mol. The number of carbonyl (C=O) groups excluding carboxylic acids is 1. The van der Waals surface area contributed by atoms with Crippen molar-refractivity contribution in [2.45, 2.75) is 18.9 Å². The molecule has 1 aromatic heterocycles. The summed E-state index contributed by atoms with van der Waals surface area (Å²) in [5.74, 6) is 0.144. The van der Waals surface area contributed by atoms with Gasteiger partial charge in [-0.1, -0.05) is 0 Å². The predicted molar refractivity (Wildman–Crippen MR) is 56.3 cm³/mol. The Morgan fingerprint density at radius 2 is 2.47 bits per heavy atom. The van der Waals surface area contributed by atoms with Crippen molar-refractivity contribution in [3.8, 4) is 0 Å². The number of rotatable bonds is 4. The molecule has 1 unspecified atom stereocenters. The van der Waals surface area contributed by atoms with Gasteiger partial charge in [-0.3, -0.25) is 4.79 Å². The molecule has 1 saturated carbocycles. The van der Waals surface area contributed by atoms with Crippen molar-refractivity contribution in [1.29, 1.82) is 0 Å². The van der Waals surface area contributed by atoms with E-state index in [0.29, 0.717) is 23.8 Å². The van der Waals surface area contributed by atoms with Crippen LogP contribution in [-0.2, 0) is 0 Å². The molecule has 1 aliphatic carbocycles. The van der Waals surface area contributed by atoms with E-state index in [1.54, 1.807) is 12.3 Å². The number of nitrogen functional groups attached to an aromatic ring is 1. The molecule has 0 saturated heterocycles. The van der Waals surface area contributed by atoms with E-state index in [-0.39, 0.29) is 5.91 Å². The van der Waals surface area contributed by atoms with Crippen molar-refractivity contribution in [3.63, 3.8) is 0 Å². The summed E-state index contributed by atoms with van der Waals surface area (Å²) < 4.78 is 0. The molecule has 15 heavy (non-hydrogen) atoms. The van der Waals surface area contributed by atoms with Crippen LogP contribution in [0, 0.1) is 5.92 Å². The maximum atomic E-state index is 11.5. The van der Waals surface area contributed by atoms with Gasteiger partial charge >= 0.3 is 0 Å². The molecule has 1 heterocycles. The van der Waals surface area contributed by atoms with Gasteiger partial charge in [-0.2, -0.15) is 0 Å². The van der Waals surface area contributed by atoms with Crippen molar-refractivity contribution >= 4 is 11.6 Å². The maximum absolute atomic E-state index is 11.5. The van der Waals surface area contributed by atoms with Gasteiger partial charge in [0.1, 0.15) is 5.69 Å². The molecular formula is C10H15N3O2. The Hall–Kier alpha value is -1.49. The predicted octanol–water partition coefficient (Wildman–Crippen LogP) is 0.0976. The van der Waals surface area contributed by atoms with E-state index in [4.69, 9.17) is 5.73 Å². The number of aromatic nitrogens is 1. The quantitative estimate of drug-likeness (QED) is 0.566. The fourth-order valence-electron chi connectivity index (χ4n) is 1.48. The van der Waals surface area contributed by atoms with E-state index in [9.17, 15) is 9.90 Å². The van der Waals surface area contributed by atoms with Gasteiger partial charge in [0.15, 0.2) is 0 Å². The summed E-state index contributed by atoms with van der Waals surface area (Å²) in [5.41, 5.74) is 6.43. The van der Waals surface area contributed by atoms with Crippen molar-refractivity contribution in [2.24, 2.45) is 5.92 Å². The highest BCUT2D eigenvalue weighted by atomic mass is 16.3. The second kappa shape index (κ2) is 3.94. The van der Waals surface area contributed by atoms with Crippen LogP contribution in [0.4, 0.5) is 5.69 Å². The van der Waals surface area contributed by atoms with Crippen LogP contribution < -0.4 is 11.1 Å². The zero-order chi connectivity index (χ0) is 10.8. The Balaban J connectivity index is 1.81. The first-order valence-corrected chi connectivity index (χ1v) is 5.07. The largest absolute Gasteiger partial charge is 0.397 e. The minimum Gasteiger partial charge on any atom is -0.397 e. The molecule has 0 spiro atoms. The highest BCUT2D eigenvalue weighted by molar-refractivity contribution is 5.93. The maximum Gasteiger partial charge on any atom is 0.267 e. The molecule has 0 radical (unpaired) electrons. The van der Waals surface area contributed by atoms with Gasteiger partial charge in [-0.15, -0.1) is 0 Å². The molecule has 1 aliphatic rings. The highest BCUT2D eigenvalue weighted by Gasteiger charge is 2.29. The number of hydrogen-bond donors (Lipinski definition) is 4. The third-order valence-electron chi connectivity index (χ3n) is 2.59. The average molecular weight is 209 g/mol. The zero-order valence-electron chi connectivity index (χ0n) is 8.36. The molecule has 5 heteroatoms. The lowest BCUT2D eigenvalue weighted by atomic mass is 10.2. The van der Waals surface area contributed by atoms with E-state index in [2.05, 4.69) is 10.3 Å². The lowest BCUT2D eigenvalue weighted by molar-refractivity contribution is 0.0897. The topological polar surface area (TPSA) is 91.1 Å². The van der Waals surface area contributed by atoms with Crippen LogP contribution in [0.2, 0.25) is 0 Å². The Labute approximate surface area is 87.7 Å². The fourth-order valence-corrected chi connectivity index (χ4v) is 1.48. The summed E-state index contributed by atoms with van der Waals surface area (Å²) in [7, 11) is 0. The van der Waals surface area contributed by atoms with Crippen molar-refractivity contribution in [2.75, 3.05) is 12.3 Å². The molecule has 5 N–H and O–H groups in total. The fraction of sp³-hybridized carbons (Fsp3) is 0.500. The molecule has 0 aliphatic heterocycles. The lowest BCUT2D eigenvalue weighted by Gasteiger charge is -2.09. The summed E-state index contributed by atoms with van der Waals surface area (Å²) in [6.07, 6.45) is 3.27. The molecule has 1 aromatic rings. The molecule has 5 nitrogen and oxygen atoms in total. The minimum absolute atomic E-state index is 0.230. The first-order valence-electron chi connectivity index (χ1n) is 5.07. The summed E-state index contributed by atoms with van der Waals surface area (Å²) >= 11 is 0. The van der Waals surface area contributed by atoms with Crippen LogP contribution in [-0.4, -0.2) is 28.6 Å². The van der Waals surface area contributed by atoms with Crippen molar-refractivity contribution < 1.29 is 9.90 Å². The normalized spacial score (nSPS) is 17.4. The molecule has 1 atom stereocenters. The smallest absolute Gasteiger partial charge is 0.267 e. The van der Waals surface area contributed by atoms with Gasteiger partial charge in [-0.05, 0) is 24.8 Å². The van der Waals surface area contributed by atoms with Crippen LogP contribution in [0.25, 0.3) is 0 Å². The number of amides is 1. The second-order valence-corrected chi connectivity index (χ2v) is 3.96. The minimum atomic E-state index is -0.416. The van der Waals surface area contributed by atoms with Gasteiger partial charge in [0.2, 0.25) is 0 Å². The number of aromatic amines is 1. The highest BCUT2D eigenvalue weighted by Crippen LogP contribution is 2.32. The lowest BCUT2D eigenvalue weighted by Crippen LogP contribution is -2.33. The van der Waals surface area contributed by atoms with Gasteiger partial charge in [0, 0.05) is 18.4 Å². The van der Waals surface area contributed by atoms with Crippen molar-refractivity contribution in [1.82, 2.24) is 10.3 Å². The molecule has 2 rings (SSSR count). The number of H-pyrrole nitrogens is 1. The Kier molecular flexibility index (Phi) is 2.64. The van der Waals surface area contributed by atoms with E-state index >= 15 is 0 Å². The number of aliphatic hydroxyl groups excluding tert-OH is 1. The van der Waals surface area contributed by atoms with Gasteiger partial charge in [-0.25, -0.2) is 0 Å². The standard InChI is InChI=1S/C10H15N3O2/c11-7-3-8(12-4-7)10(15)13-5-9(14)6-1-2-6/h3-4,6,9,12,14H,1-2,5,11H2,(H,13,15). The number of carbonyl (C=O) groups is 1. The molecule has 0 bridgehead atoms. The van der Waals surface area contributed by atoms with E-state index in [1.807, 2.05) is 0 Å². The summed E-state index contributed by atoms with van der Waals surface area (Å²) in [6.45, 7) is 0.308. The van der Waals surface area contributed by atoms with Crippen LogP contribution in [0.15, 0.2) is 12.3 Å². The van der Waals surface area contributed by atoms with E-state index in [1.165, 1.54) is 0 Å². The van der Waals surface area contributed by atoms with Crippen LogP contribution in [0.1, 0.15) is 23.3 Å². The molecule has 1 amide bonds. The first-order chi connectivity index (χ1) is 7.16. The zero-order valence-corrected chi connectivity index (χ0v) is 8.36. The van der Waals surface area contributed by atoms with Gasteiger partial charge in [0.25, 0.3) is 5.91 Å². The Bertz CT molecular complexity index is 357. The number of nitrogens with two attached hydrogens (primary N) is 1. The average Bonchev–Trinajstić information content (AvgIpc) is 2.97. The summed E-state index contributed by atoms with van der Waals surface area (Å²) in [6, 6.07) is 1.57. The van der Waals surface area contributed by atoms with Crippen LogP contribution in [0.3, 0.4) is 0 Å². The van der Waals surface area contributed by atoms with E-state index in [0.717, 1.165) is 12.8 Å². The van der Waals surface area contributed by atoms with Gasteiger partial charge < -0.3 is 21.1 Å². The number of anilines is 1. The second-order valence-electron chi connectivity index (χ2n) is 3.96. The summed E-state index contributed by atoms with van der Waals surface area (Å²) in [5, 5.41) is 12.2. The SMILES string of the molecule is Nc1c[nH]c(C(=O)NCC(O)C2CC2)c1. The molecule has 1 fully saturated rings. The number of hydrogen-bond acceptors (Lipinski definition) is 3. The molecule has 82 valence electrons. The first kappa shape index (κ1) is 10.0. The van der Waals surface area contributed by atoms with Crippen molar-refractivity contribution in [3.05, 3.63) is 18.0 Å². The van der Waals surface area contributed by atoms with E-state index < -0.39 is 6.10 Å². The molecule has 0 aromatic carbocycles. The number of aliphatic hydroxyl groups is 1. The number of nitrogens with one attached hydrogen (secondary N) is 2. The Morgan fingerprint density at radius 1 is 1.73 bits per heavy atom. The third kappa shape index (κ3) is 2.50.